The first-order valence-corrected chi connectivity index (χ1v) is 10.1. The second kappa shape index (κ2) is 7.37. The Hall–Kier alpha value is -2.11. The van der Waals surface area contributed by atoms with Crippen LogP contribution in [0.15, 0.2) is 12.4 Å². The zero-order chi connectivity index (χ0) is 20.7. The number of hydrogen-bond acceptors (Lipinski definition) is 6. The minimum absolute atomic E-state index is 0.00508. The molecule has 1 amide bonds. The standard InChI is InChI=1S/C18H24IN5O4/c1-17(2,3)28-16(27)22-18(4)5-8-23(9-6-18)15-21-12(14(25)26)11(19)13-20-7-10-24(13)15/h7,10H,5-6,8-9H2,1-4H3,(H,22,27)(H,25,26). The van der Waals surface area contributed by atoms with E-state index >= 15 is 0 Å². The van der Waals surface area contributed by atoms with Gasteiger partial charge in [-0.3, -0.25) is 4.40 Å². The largest absolute Gasteiger partial charge is 0.476 e. The number of fused-ring (bicyclic) bond motifs is 1. The highest BCUT2D eigenvalue weighted by Gasteiger charge is 2.34. The van der Waals surface area contributed by atoms with Crippen molar-refractivity contribution in [3.63, 3.8) is 0 Å². The maximum Gasteiger partial charge on any atom is 0.408 e. The first kappa shape index (κ1) is 20.6. The molecule has 152 valence electrons. The quantitative estimate of drug-likeness (QED) is 0.623. The first-order valence-electron chi connectivity index (χ1n) is 9.01. The van der Waals surface area contributed by atoms with E-state index in [0.717, 1.165) is 0 Å². The summed E-state index contributed by atoms with van der Waals surface area (Å²) in [6.07, 6.45) is 4.34. The fourth-order valence-electron chi connectivity index (χ4n) is 3.18. The summed E-state index contributed by atoms with van der Waals surface area (Å²) in [4.78, 5) is 34.4. The Kier molecular flexibility index (Phi) is 5.43. The van der Waals surface area contributed by atoms with Gasteiger partial charge < -0.3 is 20.1 Å². The number of carboxylic acids is 1. The number of amides is 1. The molecule has 0 aliphatic carbocycles. The predicted octanol–water partition coefficient (Wildman–Crippen LogP) is 2.92. The van der Waals surface area contributed by atoms with E-state index in [1.165, 1.54) is 0 Å². The Labute approximate surface area is 176 Å². The molecule has 1 aliphatic heterocycles. The maximum atomic E-state index is 12.1. The molecule has 9 nitrogen and oxygen atoms in total. The van der Waals surface area contributed by atoms with Crippen LogP contribution in [0.4, 0.5) is 10.7 Å². The van der Waals surface area contributed by atoms with Gasteiger partial charge in [0.2, 0.25) is 5.95 Å². The number of aromatic carboxylic acids is 1. The Morgan fingerprint density at radius 1 is 1.32 bits per heavy atom. The third kappa shape index (κ3) is 4.31. The van der Waals surface area contributed by atoms with Gasteiger partial charge in [-0.25, -0.2) is 19.6 Å². The molecule has 2 aromatic heterocycles. The third-order valence-electron chi connectivity index (χ3n) is 4.63. The highest BCUT2D eigenvalue weighted by atomic mass is 127. The van der Waals surface area contributed by atoms with Crippen LogP contribution < -0.4 is 10.2 Å². The van der Waals surface area contributed by atoms with E-state index in [1.54, 1.807) is 16.8 Å². The number of aromatic nitrogens is 3. The number of piperidine rings is 1. The van der Waals surface area contributed by atoms with Gasteiger partial charge in [0.1, 0.15) is 5.60 Å². The molecule has 3 heterocycles. The number of carboxylic acid groups (broad SMARTS) is 1. The van der Waals surface area contributed by atoms with Crippen LogP contribution in [0.2, 0.25) is 0 Å². The van der Waals surface area contributed by atoms with Gasteiger partial charge in [-0.2, -0.15) is 0 Å². The SMILES string of the molecule is CC1(NC(=O)OC(C)(C)C)CCN(c2nc(C(=O)O)c(I)c3nccn23)CC1. The van der Waals surface area contributed by atoms with Gasteiger partial charge in [0.05, 0.1) is 3.57 Å². The van der Waals surface area contributed by atoms with E-state index in [-0.39, 0.29) is 5.69 Å². The van der Waals surface area contributed by atoms with Crippen molar-refractivity contribution in [3.05, 3.63) is 21.7 Å². The number of alkyl carbamates (subject to hydrolysis) is 1. The van der Waals surface area contributed by atoms with E-state index in [4.69, 9.17) is 4.74 Å². The van der Waals surface area contributed by atoms with Gasteiger partial charge in [-0.15, -0.1) is 0 Å². The molecule has 0 bridgehead atoms. The molecule has 2 N–H and O–H groups in total. The second-order valence-electron chi connectivity index (χ2n) is 8.17. The lowest BCUT2D eigenvalue weighted by Gasteiger charge is -2.40. The molecule has 10 heteroatoms. The molecule has 0 saturated carbocycles. The van der Waals surface area contributed by atoms with Crippen molar-refractivity contribution >= 4 is 46.2 Å². The van der Waals surface area contributed by atoms with Gasteiger partial charge in [0.15, 0.2) is 11.3 Å². The molecule has 2 aromatic rings. The summed E-state index contributed by atoms with van der Waals surface area (Å²) in [5, 5.41) is 12.4. The number of anilines is 1. The molecule has 0 spiro atoms. The zero-order valence-corrected chi connectivity index (χ0v) is 18.5. The monoisotopic (exact) mass is 501 g/mol. The number of ether oxygens (including phenoxy) is 1. The van der Waals surface area contributed by atoms with E-state index in [0.29, 0.717) is 41.1 Å². The molecule has 1 aliphatic rings. The summed E-state index contributed by atoms with van der Waals surface area (Å²) in [6, 6.07) is 0. The lowest BCUT2D eigenvalue weighted by atomic mass is 9.90. The number of nitrogens with zero attached hydrogens (tertiary/aromatic N) is 4. The molecule has 3 rings (SSSR count). The lowest BCUT2D eigenvalue weighted by molar-refractivity contribution is 0.0447. The van der Waals surface area contributed by atoms with Crippen molar-refractivity contribution in [1.82, 2.24) is 19.7 Å². The van der Waals surface area contributed by atoms with Crippen LogP contribution in [0.1, 0.15) is 51.0 Å². The minimum atomic E-state index is -1.08. The van der Waals surface area contributed by atoms with Crippen LogP contribution in [0.25, 0.3) is 5.65 Å². The Morgan fingerprint density at radius 3 is 2.54 bits per heavy atom. The molecule has 0 aromatic carbocycles. The molecule has 1 fully saturated rings. The average Bonchev–Trinajstić information content (AvgIpc) is 3.04. The Bertz CT molecular complexity index is 913. The van der Waals surface area contributed by atoms with Crippen molar-refractivity contribution in [2.45, 2.75) is 51.7 Å². The van der Waals surface area contributed by atoms with E-state index in [1.807, 2.05) is 55.2 Å². The maximum absolute atomic E-state index is 12.1. The third-order valence-corrected chi connectivity index (χ3v) is 5.62. The highest BCUT2D eigenvalue weighted by molar-refractivity contribution is 14.1. The van der Waals surface area contributed by atoms with Crippen molar-refractivity contribution in [3.8, 4) is 0 Å². The van der Waals surface area contributed by atoms with Gasteiger partial charge in [0.25, 0.3) is 0 Å². The smallest absolute Gasteiger partial charge is 0.408 e. The molecule has 1 saturated heterocycles. The average molecular weight is 501 g/mol. The fourth-order valence-corrected chi connectivity index (χ4v) is 3.93. The predicted molar refractivity (Wildman–Crippen MR) is 112 cm³/mol. The summed E-state index contributed by atoms with van der Waals surface area (Å²) in [5.41, 5.74) is -0.379. The highest BCUT2D eigenvalue weighted by Crippen LogP contribution is 2.28. The molecule has 0 unspecified atom stereocenters. The molecule has 0 atom stereocenters. The summed E-state index contributed by atoms with van der Waals surface area (Å²) in [6.45, 7) is 8.71. The van der Waals surface area contributed by atoms with Crippen LogP contribution in [0.5, 0.6) is 0 Å². The minimum Gasteiger partial charge on any atom is -0.476 e. The van der Waals surface area contributed by atoms with E-state index < -0.39 is 23.2 Å². The van der Waals surface area contributed by atoms with Gasteiger partial charge >= 0.3 is 12.1 Å². The van der Waals surface area contributed by atoms with Crippen LogP contribution in [-0.2, 0) is 4.74 Å². The van der Waals surface area contributed by atoms with Crippen LogP contribution in [0.3, 0.4) is 0 Å². The van der Waals surface area contributed by atoms with Crippen LogP contribution in [-0.4, -0.2) is 55.8 Å². The summed E-state index contributed by atoms with van der Waals surface area (Å²) in [7, 11) is 0. The number of hydrogen-bond donors (Lipinski definition) is 2. The summed E-state index contributed by atoms with van der Waals surface area (Å²) in [5.74, 6) is -0.533. The number of carbonyl (C=O) groups is 2. The van der Waals surface area contributed by atoms with Gasteiger partial charge in [0, 0.05) is 31.0 Å². The molecular formula is C18H24IN5O4. The summed E-state index contributed by atoms with van der Waals surface area (Å²) < 4.78 is 7.68. The normalized spacial score (nSPS) is 16.8. The second-order valence-corrected chi connectivity index (χ2v) is 9.25. The summed E-state index contributed by atoms with van der Waals surface area (Å²) >= 11 is 1.96. The fraction of sp³-hybridized carbons (Fsp3) is 0.556. The van der Waals surface area contributed by atoms with Crippen LogP contribution in [0, 0.1) is 3.57 Å². The topological polar surface area (TPSA) is 109 Å². The van der Waals surface area contributed by atoms with Gasteiger partial charge in [-0.05, 0) is 63.1 Å². The molecule has 0 radical (unpaired) electrons. The van der Waals surface area contributed by atoms with Crippen molar-refractivity contribution in [2.24, 2.45) is 0 Å². The number of halogens is 1. The van der Waals surface area contributed by atoms with Crippen LogP contribution >= 0.6 is 22.6 Å². The number of nitrogens with one attached hydrogen (secondary N) is 1. The van der Waals surface area contributed by atoms with Gasteiger partial charge in [-0.1, -0.05) is 0 Å². The number of rotatable bonds is 3. The van der Waals surface area contributed by atoms with E-state index in [2.05, 4.69) is 15.3 Å². The molecule has 28 heavy (non-hydrogen) atoms. The first-order chi connectivity index (χ1) is 13.0. The number of imidazole rings is 1. The van der Waals surface area contributed by atoms with Crippen molar-refractivity contribution < 1.29 is 19.4 Å². The van der Waals surface area contributed by atoms with E-state index in [9.17, 15) is 14.7 Å². The Morgan fingerprint density at radius 2 is 1.96 bits per heavy atom. The number of carbonyl (C=O) groups excluding carboxylic acids is 1. The Balaban J connectivity index is 1.78. The van der Waals surface area contributed by atoms with Crippen molar-refractivity contribution in [1.29, 1.82) is 0 Å². The lowest BCUT2D eigenvalue weighted by Crippen LogP contribution is -2.54. The zero-order valence-electron chi connectivity index (χ0n) is 16.3. The van der Waals surface area contributed by atoms with Crippen molar-refractivity contribution in [2.75, 3.05) is 18.0 Å². The molecular weight excluding hydrogens is 477 g/mol.